The Hall–Kier alpha value is -0.930. The number of anilines is 2. The van der Waals surface area contributed by atoms with E-state index in [9.17, 15) is 4.79 Å². The van der Waals surface area contributed by atoms with Crippen molar-refractivity contribution in [1.29, 1.82) is 0 Å². The first-order chi connectivity index (χ1) is 8.00. The van der Waals surface area contributed by atoms with Gasteiger partial charge in [0.25, 0.3) is 0 Å². The highest BCUT2D eigenvalue weighted by Gasteiger charge is 2.27. The number of nitrogen functional groups attached to an aromatic ring is 1. The van der Waals surface area contributed by atoms with Crippen LogP contribution in [0.3, 0.4) is 0 Å². The van der Waals surface area contributed by atoms with Crippen molar-refractivity contribution in [2.24, 2.45) is 5.92 Å². The van der Waals surface area contributed by atoms with Gasteiger partial charge in [-0.2, -0.15) is 0 Å². The summed E-state index contributed by atoms with van der Waals surface area (Å²) in [4.78, 5) is 13.8. The fourth-order valence-corrected chi connectivity index (χ4v) is 2.54. The molecule has 17 heavy (non-hydrogen) atoms. The maximum absolute atomic E-state index is 12.1. The summed E-state index contributed by atoms with van der Waals surface area (Å²) in [5.41, 5.74) is 6.85. The average Bonchev–Trinajstić information content (AvgIpc) is 2.28. The lowest BCUT2D eigenvalue weighted by Gasteiger charge is -2.31. The van der Waals surface area contributed by atoms with E-state index >= 15 is 0 Å². The maximum atomic E-state index is 12.1. The molecule has 1 heterocycles. The number of hydrogen-bond donors (Lipinski definition) is 1. The van der Waals surface area contributed by atoms with Crippen LogP contribution in [-0.2, 0) is 4.79 Å². The Morgan fingerprint density at radius 1 is 1.35 bits per heavy atom. The Morgan fingerprint density at radius 3 is 2.76 bits per heavy atom. The van der Waals surface area contributed by atoms with E-state index in [1.54, 1.807) is 17.0 Å². The normalized spacial score (nSPS) is 20.8. The number of benzene rings is 1. The smallest absolute Gasteiger partial charge is 0.229 e. The Morgan fingerprint density at radius 2 is 2.06 bits per heavy atom. The molecule has 1 aliphatic rings. The summed E-state index contributed by atoms with van der Waals surface area (Å²) in [6.07, 6.45) is 1.90. The second kappa shape index (κ2) is 4.75. The molecule has 0 spiro atoms. The molecule has 2 rings (SSSR count). The summed E-state index contributed by atoms with van der Waals surface area (Å²) in [5.74, 6) is 0.136. The van der Waals surface area contributed by atoms with Crippen LogP contribution in [0.2, 0.25) is 10.0 Å². The molecule has 1 amide bonds. The third kappa shape index (κ3) is 2.35. The number of piperidine rings is 1. The van der Waals surface area contributed by atoms with Crippen molar-refractivity contribution in [1.82, 2.24) is 0 Å². The molecule has 2 N–H and O–H groups in total. The van der Waals surface area contributed by atoms with Gasteiger partial charge in [-0.25, -0.2) is 0 Å². The van der Waals surface area contributed by atoms with Crippen LogP contribution in [0.5, 0.6) is 0 Å². The number of rotatable bonds is 1. The molecule has 0 saturated carbocycles. The van der Waals surface area contributed by atoms with Gasteiger partial charge in [0.05, 0.1) is 21.4 Å². The van der Waals surface area contributed by atoms with E-state index in [1.165, 1.54) is 0 Å². The number of halogens is 2. The van der Waals surface area contributed by atoms with Crippen molar-refractivity contribution in [2.45, 2.75) is 19.8 Å². The molecule has 0 aromatic heterocycles. The molecule has 0 radical (unpaired) electrons. The van der Waals surface area contributed by atoms with Gasteiger partial charge in [-0.15, -0.1) is 0 Å². The molecule has 92 valence electrons. The van der Waals surface area contributed by atoms with Crippen molar-refractivity contribution in [3.05, 3.63) is 22.2 Å². The summed E-state index contributed by atoms with van der Waals surface area (Å²) < 4.78 is 0. The largest absolute Gasteiger partial charge is 0.397 e. The van der Waals surface area contributed by atoms with Gasteiger partial charge in [-0.05, 0) is 25.0 Å². The first kappa shape index (κ1) is 12.5. The van der Waals surface area contributed by atoms with Gasteiger partial charge in [0.15, 0.2) is 0 Å². The van der Waals surface area contributed by atoms with E-state index in [0.29, 0.717) is 28.0 Å². The second-order valence-electron chi connectivity index (χ2n) is 4.36. The minimum absolute atomic E-state index is 0.0386. The van der Waals surface area contributed by atoms with Crippen LogP contribution in [0.25, 0.3) is 0 Å². The van der Waals surface area contributed by atoms with Gasteiger partial charge in [-0.3, -0.25) is 4.79 Å². The summed E-state index contributed by atoms with van der Waals surface area (Å²) >= 11 is 12.0. The van der Waals surface area contributed by atoms with Gasteiger partial charge in [0, 0.05) is 12.5 Å². The lowest BCUT2D eigenvalue weighted by Crippen LogP contribution is -2.40. The van der Waals surface area contributed by atoms with Crippen molar-refractivity contribution >= 4 is 40.5 Å². The summed E-state index contributed by atoms with van der Waals surface area (Å²) in [6, 6.07) is 3.25. The van der Waals surface area contributed by atoms with E-state index in [-0.39, 0.29) is 11.8 Å². The SMILES string of the molecule is CC1CCCN(c2cc(N)c(Cl)cc2Cl)C1=O. The predicted octanol–water partition coefficient (Wildman–Crippen LogP) is 3.34. The number of carbonyl (C=O) groups is 1. The van der Waals surface area contributed by atoms with Crippen molar-refractivity contribution < 1.29 is 4.79 Å². The van der Waals surface area contributed by atoms with Crippen molar-refractivity contribution in [3.8, 4) is 0 Å². The standard InChI is InChI=1S/C12H14Cl2N2O/c1-7-3-2-4-16(12(7)17)11-6-10(15)8(13)5-9(11)14/h5-7H,2-4,15H2,1H3. The predicted molar refractivity (Wildman–Crippen MR) is 71.6 cm³/mol. The van der Waals surface area contributed by atoms with Gasteiger partial charge >= 0.3 is 0 Å². The van der Waals surface area contributed by atoms with Crippen LogP contribution in [-0.4, -0.2) is 12.5 Å². The van der Waals surface area contributed by atoms with Gasteiger partial charge in [0.2, 0.25) is 5.91 Å². The van der Waals surface area contributed by atoms with Crippen LogP contribution >= 0.6 is 23.2 Å². The highest BCUT2D eigenvalue weighted by atomic mass is 35.5. The minimum Gasteiger partial charge on any atom is -0.397 e. The van der Waals surface area contributed by atoms with E-state index in [2.05, 4.69) is 0 Å². The molecule has 5 heteroatoms. The monoisotopic (exact) mass is 272 g/mol. The third-order valence-corrected chi connectivity index (χ3v) is 3.69. The highest BCUT2D eigenvalue weighted by molar-refractivity contribution is 6.38. The molecule has 1 atom stereocenters. The molecular formula is C12H14Cl2N2O. The van der Waals surface area contributed by atoms with Gasteiger partial charge < -0.3 is 10.6 Å². The molecule has 1 fully saturated rings. The van der Waals surface area contributed by atoms with E-state index in [0.717, 1.165) is 12.8 Å². The number of amides is 1. The minimum atomic E-state index is 0.0386. The Bertz CT molecular complexity index is 462. The number of hydrogen-bond acceptors (Lipinski definition) is 2. The van der Waals surface area contributed by atoms with Crippen LogP contribution in [0.4, 0.5) is 11.4 Å². The molecule has 1 aromatic rings. The van der Waals surface area contributed by atoms with E-state index < -0.39 is 0 Å². The molecule has 1 saturated heterocycles. The number of nitrogens with zero attached hydrogens (tertiary/aromatic N) is 1. The molecule has 0 aliphatic carbocycles. The van der Waals surface area contributed by atoms with Gasteiger partial charge in [0.1, 0.15) is 0 Å². The number of carbonyl (C=O) groups excluding carboxylic acids is 1. The summed E-state index contributed by atoms with van der Waals surface area (Å²) in [5, 5.41) is 0.878. The molecule has 1 aliphatic heterocycles. The summed E-state index contributed by atoms with van der Waals surface area (Å²) in [6.45, 7) is 2.62. The molecule has 3 nitrogen and oxygen atoms in total. The molecule has 0 bridgehead atoms. The van der Waals surface area contributed by atoms with Crippen LogP contribution < -0.4 is 10.6 Å². The fourth-order valence-electron chi connectivity index (χ4n) is 2.06. The number of nitrogens with two attached hydrogens (primary N) is 1. The second-order valence-corrected chi connectivity index (χ2v) is 5.17. The van der Waals surface area contributed by atoms with Crippen LogP contribution in [0.15, 0.2) is 12.1 Å². The zero-order valence-corrected chi connectivity index (χ0v) is 11.1. The highest BCUT2D eigenvalue weighted by Crippen LogP contribution is 2.35. The first-order valence-electron chi connectivity index (χ1n) is 5.56. The third-order valence-electron chi connectivity index (χ3n) is 3.06. The van der Waals surface area contributed by atoms with Crippen LogP contribution in [0, 0.1) is 5.92 Å². The average molecular weight is 273 g/mol. The topological polar surface area (TPSA) is 46.3 Å². The first-order valence-corrected chi connectivity index (χ1v) is 6.32. The zero-order valence-electron chi connectivity index (χ0n) is 9.54. The maximum Gasteiger partial charge on any atom is 0.229 e. The van der Waals surface area contributed by atoms with Gasteiger partial charge in [-0.1, -0.05) is 30.1 Å². The fraction of sp³-hybridized carbons (Fsp3) is 0.417. The lowest BCUT2D eigenvalue weighted by atomic mass is 9.98. The van der Waals surface area contributed by atoms with E-state index in [1.807, 2.05) is 6.92 Å². The Balaban J connectivity index is 2.39. The van der Waals surface area contributed by atoms with Crippen molar-refractivity contribution in [3.63, 3.8) is 0 Å². The quantitative estimate of drug-likeness (QED) is 0.798. The molecule has 1 unspecified atom stereocenters. The Kier molecular flexibility index (Phi) is 3.50. The van der Waals surface area contributed by atoms with Crippen molar-refractivity contribution in [2.75, 3.05) is 17.2 Å². The summed E-state index contributed by atoms with van der Waals surface area (Å²) in [7, 11) is 0. The van der Waals surface area contributed by atoms with E-state index in [4.69, 9.17) is 28.9 Å². The molecule has 1 aromatic carbocycles. The zero-order chi connectivity index (χ0) is 12.6. The Labute approximate surface area is 110 Å². The molecular weight excluding hydrogens is 259 g/mol. The van der Waals surface area contributed by atoms with Crippen LogP contribution in [0.1, 0.15) is 19.8 Å². The lowest BCUT2D eigenvalue weighted by molar-refractivity contribution is -0.123.